The van der Waals surface area contributed by atoms with E-state index in [1.807, 2.05) is 0 Å². The minimum Gasteiger partial charge on any atom is -0.396 e. The molecule has 0 bridgehead atoms. The van der Waals surface area contributed by atoms with Crippen molar-refractivity contribution in [1.82, 2.24) is 0 Å². The number of ether oxygens (including phenoxy) is 1. The fourth-order valence-corrected chi connectivity index (χ4v) is 5.07. The molecule has 0 aliphatic rings. The second kappa shape index (κ2) is 16.1. The highest BCUT2D eigenvalue weighted by Gasteiger charge is 2.32. The highest BCUT2D eigenvalue weighted by molar-refractivity contribution is 5.14. The minimum atomic E-state index is -0.966. The Morgan fingerprint density at radius 1 is 0.722 bits per heavy atom. The molecule has 0 radical (unpaired) electrons. The van der Waals surface area contributed by atoms with E-state index in [2.05, 4.69) is 78.8 Å². The molecule has 0 amide bonds. The van der Waals surface area contributed by atoms with E-state index in [4.69, 9.17) is 4.74 Å². The van der Waals surface area contributed by atoms with Gasteiger partial charge in [-0.2, -0.15) is 0 Å². The van der Waals surface area contributed by atoms with Crippen molar-refractivity contribution in [2.75, 3.05) is 33.0 Å². The molecule has 3 atom stereocenters. The molecular formula is C32H58O4. The summed E-state index contributed by atoms with van der Waals surface area (Å²) in [5, 5.41) is 28.8. The van der Waals surface area contributed by atoms with E-state index in [-0.39, 0.29) is 31.8 Å². The summed E-state index contributed by atoms with van der Waals surface area (Å²) in [6, 6.07) is 10.8. The van der Waals surface area contributed by atoms with Crippen molar-refractivity contribution in [2.45, 2.75) is 99.8 Å². The van der Waals surface area contributed by atoms with E-state index in [1.165, 1.54) is 50.5 Å². The maximum Gasteiger partial charge on any atom is 0.0629 e. The van der Waals surface area contributed by atoms with Crippen LogP contribution in [0, 0.1) is 34.0 Å². The quantitative estimate of drug-likeness (QED) is 0.189. The molecule has 4 heteroatoms. The van der Waals surface area contributed by atoms with Crippen LogP contribution < -0.4 is 0 Å². The molecule has 36 heavy (non-hydrogen) atoms. The Morgan fingerprint density at radius 3 is 1.78 bits per heavy atom. The highest BCUT2D eigenvalue weighted by Crippen LogP contribution is 2.39. The molecule has 3 unspecified atom stereocenters. The zero-order chi connectivity index (χ0) is 27.2. The van der Waals surface area contributed by atoms with Crippen LogP contribution >= 0.6 is 0 Å². The SMILES string of the molecule is CC(CC(CCCCCCc1ccccc1)C(C)(C)C)CC(COCC(CO)(CO)CO)C(C)(C)C. The van der Waals surface area contributed by atoms with Crippen LogP contribution in [0.4, 0.5) is 0 Å². The van der Waals surface area contributed by atoms with Crippen molar-refractivity contribution >= 4 is 0 Å². The van der Waals surface area contributed by atoms with E-state index in [9.17, 15) is 15.3 Å². The molecule has 0 aliphatic heterocycles. The molecule has 0 aliphatic carbocycles. The average molecular weight is 507 g/mol. The van der Waals surface area contributed by atoms with E-state index >= 15 is 0 Å². The normalized spacial score (nSPS) is 15.6. The number of benzene rings is 1. The summed E-state index contributed by atoms with van der Waals surface area (Å²) in [5.41, 5.74) is 0.887. The molecule has 1 aromatic rings. The fourth-order valence-electron chi connectivity index (χ4n) is 5.07. The van der Waals surface area contributed by atoms with Crippen LogP contribution in [-0.4, -0.2) is 48.4 Å². The lowest BCUT2D eigenvalue weighted by Crippen LogP contribution is -2.40. The molecule has 0 spiro atoms. The minimum absolute atomic E-state index is 0.102. The van der Waals surface area contributed by atoms with Gasteiger partial charge in [-0.05, 0) is 66.3 Å². The lowest BCUT2D eigenvalue weighted by molar-refractivity contribution is -0.0727. The number of aliphatic hydroxyl groups is 3. The van der Waals surface area contributed by atoms with E-state index in [1.54, 1.807) is 0 Å². The number of unbranched alkanes of at least 4 members (excludes halogenated alkanes) is 3. The van der Waals surface area contributed by atoms with Crippen molar-refractivity contribution in [2.24, 2.45) is 34.0 Å². The molecule has 1 aromatic carbocycles. The summed E-state index contributed by atoms with van der Waals surface area (Å²) in [6.45, 7) is 16.3. The maximum atomic E-state index is 9.59. The Bertz CT molecular complexity index is 661. The molecule has 3 N–H and O–H groups in total. The van der Waals surface area contributed by atoms with Crippen molar-refractivity contribution in [3.05, 3.63) is 35.9 Å². The largest absolute Gasteiger partial charge is 0.396 e. The summed E-state index contributed by atoms with van der Waals surface area (Å²) < 4.78 is 5.99. The molecule has 1 rings (SSSR count). The van der Waals surface area contributed by atoms with Crippen molar-refractivity contribution < 1.29 is 20.1 Å². The van der Waals surface area contributed by atoms with Gasteiger partial charge in [0, 0.05) is 6.61 Å². The third-order valence-corrected chi connectivity index (χ3v) is 8.17. The van der Waals surface area contributed by atoms with E-state index in [0.29, 0.717) is 29.8 Å². The first kappa shape index (κ1) is 33.1. The predicted molar refractivity (Wildman–Crippen MR) is 152 cm³/mol. The van der Waals surface area contributed by atoms with Gasteiger partial charge in [0.1, 0.15) is 0 Å². The van der Waals surface area contributed by atoms with Gasteiger partial charge in [-0.25, -0.2) is 0 Å². The molecule has 4 nitrogen and oxygen atoms in total. The monoisotopic (exact) mass is 506 g/mol. The zero-order valence-electron chi connectivity index (χ0n) is 24.6. The fraction of sp³-hybridized carbons (Fsp3) is 0.812. The first-order valence-electron chi connectivity index (χ1n) is 14.3. The van der Waals surface area contributed by atoms with Crippen LogP contribution in [0.5, 0.6) is 0 Å². The van der Waals surface area contributed by atoms with Crippen LogP contribution in [0.2, 0.25) is 0 Å². The summed E-state index contributed by atoms with van der Waals surface area (Å²) in [6.07, 6.45) is 10.0. The molecule has 0 saturated heterocycles. The Hall–Kier alpha value is -0.940. The summed E-state index contributed by atoms with van der Waals surface area (Å²) in [7, 11) is 0. The Morgan fingerprint density at radius 2 is 1.25 bits per heavy atom. The third kappa shape index (κ3) is 12.5. The number of rotatable bonds is 18. The number of hydrogen-bond donors (Lipinski definition) is 3. The maximum absolute atomic E-state index is 9.59. The number of hydrogen-bond acceptors (Lipinski definition) is 4. The standard InChI is InChI=1S/C32H58O4/c1-26(20-29(31(5,6)7)21-36-25-32(22-33,23-34)24-35)19-28(30(2,3)4)18-14-9-8-11-15-27-16-12-10-13-17-27/h10,12-13,16-17,26,28-29,33-35H,8-9,11,14-15,18-25H2,1-7H3. The van der Waals surface area contributed by atoms with Crippen LogP contribution in [0.25, 0.3) is 0 Å². The first-order valence-corrected chi connectivity index (χ1v) is 14.3. The molecule has 210 valence electrons. The number of aryl methyl sites for hydroxylation is 1. The summed E-state index contributed by atoms with van der Waals surface area (Å²) >= 11 is 0. The zero-order valence-corrected chi connectivity index (χ0v) is 24.6. The average Bonchev–Trinajstić information content (AvgIpc) is 2.82. The molecular weight excluding hydrogens is 448 g/mol. The van der Waals surface area contributed by atoms with Gasteiger partial charge < -0.3 is 20.1 Å². The van der Waals surface area contributed by atoms with Gasteiger partial charge in [0.05, 0.1) is 31.8 Å². The Labute approximate surface area is 222 Å². The van der Waals surface area contributed by atoms with Crippen LogP contribution in [0.1, 0.15) is 99.0 Å². The van der Waals surface area contributed by atoms with Gasteiger partial charge in [0.15, 0.2) is 0 Å². The van der Waals surface area contributed by atoms with E-state index in [0.717, 1.165) is 6.42 Å². The van der Waals surface area contributed by atoms with Crippen LogP contribution in [0.15, 0.2) is 30.3 Å². The van der Waals surface area contributed by atoms with Crippen molar-refractivity contribution in [3.63, 3.8) is 0 Å². The third-order valence-electron chi connectivity index (χ3n) is 8.17. The summed E-state index contributed by atoms with van der Waals surface area (Å²) in [4.78, 5) is 0. The molecule has 0 saturated carbocycles. The van der Waals surface area contributed by atoms with E-state index < -0.39 is 5.41 Å². The highest BCUT2D eigenvalue weighted by atomic mass is 16.5. The van der Waals surface area contributed by atoms with Gasteiger partial charge in [-0.1, -0.05) is 98.1 Å². The van der Waals surface area contributed by atoms with Crippen LogP contribution in [-0.2, 0) is 11.2 Å². The smallest absolute Gasteiger partial charge is 0.0629 e. The topological polar surface area (TPSA) is 69.9 Å². The second-order valence-corrected chi connectivity index (χ2v) is 13.6. The first-order chi connectivity index (χ1) is 16.9. The Kier molecular flexibility index (Phi) is 14.8. The Balaban J connectivity index is 2.54. The van der Waals surface area contributed by atoms with Gasteiger partial charge in [-0.3, -0.25) is 0 Å². The van der Waals surface area contributed by atoms with Crippen molar-refractivity contribution in [3.8, 4) is 0 Å². The lowest BCUT2D eigenvalue weighted by atomic mass is 9.70. The van der Waals surface area contributed by atoms with Gasteiger partial charge in [0.2, 0.25) is 0 Å². The van der Waals surface area contributed by atoms with Gasteiger partial charge >= 0.3 is 0 Å². The number of aliphatic hydroxyl groups excluding tert-OH is 3. The molecule has 0 aromatic heterocycles. The van der Waals surface area contributed by atoms with Gasteiger partial charge in [0.25, 0.3) is 0 Å². The molecule has 0 heterocycles. The predicted octanol–water partition coefficient (Wildman–Crippen LogP) is 6.90. The summed E-state index contributed by atoms with van der Waals surface area (Å²) in [5.74, 6) is 1.67. The van der Waals surface area contributed by atoms with Crippen molar-refractivity contribution in [1.29, 1.82) is 0 Å². The second-order valence-electron chi connectivity index (χ2n) is 13.6. The molecule has 0 fully saturated rings. The van der Waals surface area contributed by atoms with Gasteiger partial charge in [-0.15, -0.1) is 0 Å². The lowest BCUT2D eigenvalue weighted by Gasteiger charge is -2.37. The van der Waals surface area contributed by atoms with Crippen LogP contribution in [0.3, 0.4) is 0 Å².